The van der Waals surface area contributed by atoms with Crippen molar-refractivity contribution in [1.29, 1.82) is 0 Å². The van der Waals surface area contributed by atoms with Crippen molar-refractivity contribution in [3.63, 3.8) is 0 Å². The molecule has 0 fully saturated rings. The van der Waals surface area contributed by atoms with E-state index in [1.54, 1.807) is 30.5 Å². The summed E-state index contributed by atoms with van der Waals surface area (Å²) in [4.78, 5) is 16.8. The number of aromatic nitrogens is 4. The normalized spacial score (nSPS) is 12.0. The summed E-state index contributed by atoms with van der Waals surface area (Å²) < 4.78 is 45.2. The van der Waals surface area contributed by atoms with E-state index in [1.807, 2.05) is 6.92 Å². The predicted molar refractivity (Wildman–Crippen MR) is 98.4 cm³/mol. The fourth-order valence-electron chi connectivity index (χ4n) is 3.32. The van der Waals surface area contributed by atoms with Gasteiger partial charge in [-0.1, -0.05) is 12.1 Å². The van der Waals surface area contributed by atoms with Crippen LogP contribution < -0.4 is 10.3 Å². The summed E-state index contributed by atoms with van der Waals surface area (Å²) in [5, 5.41) is 7.13. The van der Waals surface area contributed by atoms with Crippen molar-refractivity contribution in [2.75, 3.05) is 7.11 Å². The largest absolute Gasteiger partial charge is 0.481 e. The fourth-order valence-corrected chi connectivity index (χ4v) is 3.32. The number of hydrogen-bond donors (Lipinski definition) is 1. The molecule has 3 aromatic heterocycles. The van der Waals surface area contributed by atoms with Crippen LogP contribution in [0.2, 0.25) is 0 Å². The minimum Gasteiger partial charge on any atom is -0.481 e. The molecule has 0 aliphatic rings. The molecule has 3 heterocycles. The quantitative estimate of drug-likeness (QED) is 0.579. The lowest BCUT2D eigenvalue weighted by Gasteiger charge is -2.15. The number of alkyl halides is 3. The maximum Gasteiger partial charge on any atom is 0.406 e. The van der Waals surface area contributed by atoms with E-state index in [4.69, 9.17) is 4.74 Å². The zero-order chi connectivity index (χ0) is 20.1. The Labute approximate surface area is 156 Å². The summed E-state index contributed by atoms with van der Waals surface area (Å²) in [6.07, 6.45) is -1.70. The maximum atomic E-state index is 13.1. The molecule has 0 unspecified atom stereocenters. The number of aromatic amines is 1. The Morgan fingerprint density at radius 1 is 1.18 bits per heavy atom. The number of aryl methyl sites for hydroxylation is 1. The standard InChI is InChI=1S/C19H15F3N4O2/c1-10-5-16(28-2)23-7-13(10)11-3-4-12-15(6-11)26(9-19(20,21)22)18(27)14-8-24-25-17(12)14/h3-8H,9H2,1-2H3,(H,24,25). The Morgan fingerprint density at radius 3 is 2.64 bits per heavy atom. The minimum atomic E-state index is -4.54. The molecule has 1 aromatic carbocycles. The summed E-state index contributed by atoms with van der Waals surface area (Å²) in [6.45, 7) is 0.470. The summed E-state index contributed by atoms with van der Waals surface area (Å²) in [5.41, 5.74) is 2.07. The van der Waals surface area contributed by atoms with Crippen molar-refractivity contribution in [2.24, 2.45) is 0 Å². The van der Waals surface area contributed by atoms with Crippen LogP contribution in [-0.4, -0.2) is 33.0 Å². The van der Waals surface area contributed by atoms with Gasteiger partial charge in [0.25, 0.3) is 5.56 Å². The number of rotatable bonds is 3. The van der Waals surface area contributed by atoms with Crippen LogP contribution in [-0.2, 0) is 6.54 Å². The lowest BCUT2D eigenvalue weighted by Crippen LogP contribution is -2.28. The number of benzene rings is 1. The van der Waals surface area contributed by atoms with Gasteiger partial charge in [-0.2, -0.15) is 18.3 Å². The van der Waals surface area contributed by atoms with Crippen LogP contribution in [0.3, 0.4) is 0 Å². The van der Waals surface area contributed by atoms with E-state index in [1.165, 1.54) is 13.3 Å². The number of fused-ring (bicyclic) bond motifs is 3. The SMILES string of the molecule is COc1cc(C)c(-c2ccc3c4[nH]ncc4c(=O)n(CC(F)(F)F)c3c2)cn1. The third kappa shape index (κ3) is 2.98. The zero-order valence-corrected chi connectivity index (χ0v) is 15.0. The molecule has 4 rings (SSSR count). The molecule has 6 nitrogen and oxygen atoms in total. The number of H-pyrrole nitrogens is 1. The van der Waals surface area contributed by atoms with E-state index in [2.05, 4.69) is 15.2 Å². The summed E-state index contributed by atoms with van der Waals surface area (Å²) in [5.74, 6) is 0.440. The number of hydrogen-bond acceptors (Lipinski definition) is 4. The average Bonchev–Trinajstić information content (AvgIpc) is 3.14. The second-order valence-corrected chi connectivity index (χ2v) is 6.44. The molecular formula is C19H15F3N4O2. The van der Waals surface area contributed by atoms with Gasteiger partial charge in [-0.05, 0) is 24.1 Å². The van der Waals surface area contributed by atoms with Crippen molar-refractivity contribution < 1.29 is 17.9 Å². The third-order valence-electron chi connectivity index (χ3n) is 4.62. The van der Waals surface area contributed by atoms with Gasteiger partial charge in [-0.15, -0.1) is 0 Å². The van der Waals surface area contributed by atoms with Crippen molar-refractivity contribution in [2.45, 2.75) is 19.6 Å². The molecule has 0 saturated heterocycles. The van der Waals surface area contributed by atoms with Gasteiger partial charge < -0.3 is 4.74 Å². The highest BCUT2D eigenvalue weighted by atomic mass is 19.4. The zero-order valence-electron chi connectivity index (χ0n) is 15.0. The maximum absolute atomic E-state index is 13.1. The van der Waals surface area contributed by atoms with E-state index in [0.717, 1.165) is 15.7 Å². The molecule has 144 valence electrons. The summed E-state index contributed by atoms with van der Waals surface area (Å²) in [7, 11) is 1.50. The van der Waals surface area contributed by atoms with Crippen LogP contribution in [0, 0.1) is 6.92 Å². The Morgan fingerprint density at radius 2 is 1.96 bits per heavy atom. The van der Waals surface area contributed by atoms with Crippen molar-refractivity contribution in [1.82, 2.24) is 19.7 Å². The second kappa shape index (κ2) is 6.36. The number of nitrogens with zero attached hydrogens (tertiary/aromatic N) is 3. The van der Waals surface area contributed by atoms with Crippen molar-refractivity contribution >= 4 is 21.8 Å². The summed E-state index contributed by atoms with van der Waals surface area (Å²) >= 11 is 0. The molecule has 0 radical (unpaired) electrons. The lowest BCUT2D eigenvalue weighted by molar-refractivity contribution is -0.140. The first kappa shape index (κ1) is 18.0. The molecule has 0 saturated carbocycles. The van der Waals surface area contributed by atoms with Gasteiger partial charge in [-0.3, -0.25) is 14.5 Å². The molecule has 0 atom stereocenters. The van der Waals surface area contributed by atoms with E-state index < -0.39 is 18.3 Å². The van der Waals surface area contributed by atoms with E-state index in [0.29, 0.717) is 22.3 Å². The third-order valence-corrected chi connectivity index (χ3v) is 4.62. The van der Waals surface area contributed by atoms with Crippen LogP contribution in [0.25, 0.3) is 32.9 Å². The molecule has 1 N–H and O–H groups in total. The first-order valence-corrected chi connectivity index (χ1v) is 8.36. The Hall–Kier alpha value is -3.36. The van der Waals surface area contributed by atoms with Crippen LogP contribution in [0.1, 0.15) is 5.56 Å². The highest BCUT2D eigenvalue weighted by molar-refractivity contribution is 6.04. The Bertz CT molecular complexity index is 1260. The smallest absolute Gasteiger partial charge is 0.406 e. The van der Waals surface area contributed by atoms with E-state index in [9.17, 15) is 18.0 Å². The molecule has 9 heteroatoms. The first-order chi connectivity index (χ1) is 13.3. The molecular weight excluding hydrogens is 373 g/mol. The average molecular weight is 388 g/mol. The molecule has 0 bridgehead atoms. The topological polar surface area (TPSA) is 72.8 Å². The Kier molecular flexibility index (Phi) is 4.10. The van der Waals surface area contributed by atoms with Crippen LogP contribution in [0.4, 0.5) is 13.2 Å². The van der Waals surface area contributed by atoms with Crippen LogP contribution >= 0.6 is 0 Å². The van der Waals surface area contributed by atoms with Crippen molar-refractivity contribution in [3.05, 3.63) is 52.6 Å². The lowest BCUT2D eigenvalue weighted by atomic mass is 10.0. The number of nitrogens with one attached hydrogen (secondary N) is 1. The number of methoxy groups -OCH3 is 1. The molecule has 0 spiro atoms. The van der Waals surface area contributed by atoms with Gasteiger partial charge in [0.15, 0.2) is 0 Å². The fraction of sp³-hybridized carbons (Fsp3) is 0.211. The van der Waals surface area contributed by atoms with Gasteiger partial charge >= 0.3 is 6.18 Å². The monoisotopic (exact) mass is 388 g/mol. The highest BCUT2D eigenvalue weighted by Crippen LogP contribution is 2.31. The molecule has 28 heavy (non-hydrogen) atoms. The predicted octanol–water partition coefficient (Wildman–Crippen LogP) is 3.82. The first-order valence-electron chi connectivity index (χ1n) is 8.36. The van der Waals surface area contributed by atoms with Gasteiger partial charge in [0.1, 0.15) is 6.54 Å². The van der Waals surface area contributed by atoms with Gasteiger partial charge in [0, 0.05) is 23.2 Å². The van der Waals surface area contributed by atoms with Crippen molar-refractivity contribution in [3.8, 4) is 17.0 Å². The van der Waals surface area contributed by atoms with E-state index >= 15 is 0 Å². The second-order valence-electron chi connectivity index (χ2n) is 6.44. The highest BCUT2D eigenvalue weighted by Gasteiger charge is 2.30. The van der Waals surface area contributed by atoms with Crippen LogP contribution in [0.15, 0.2) is 41.5 Å². The summed E-state index contributed by atoms with van der Waals surface area (Å²) in [6, 6.07) is 6.77. The molecule has 0 aliphatic heterocycles. The molecule has 4 aromatic rings. The minimum absolute atomic E-state index is 0.117. The Balaban J connectivity index is 2.01. The van der Waals surface area contributed by atoms with E-state index in [-0.39, 0.29) is 10.9 Å². The number of pyridine rings is 2. The molecule has 0 aliphatic carbocycles. The van der Waals surface area contributed by atoms with Crippen LogP contribution in [0.5, 0.6) is 5.88 Å². The van der Waals surface area contributed by atoms with Gasteiger partial charge in [0.2, 0.25) is 5.88 Å². The number of halogens is 3. The number of ether oxygens (including phenoxy) is 1. The van der Waals surface area contributed by atoms with Gasteiger partial charge in [0.05, 0.1) is 29.7 Å². The van der Waals surface area contributed by atoms with Gasteiger partial charge in [-0.25, -0.2) is 4.98 Å². The molecule has 0 amide bonds.